The topological polar surface area (TPSA) is 95.9 Å². The van der Waals surface area contributed by atoms with E-state index in [0.29, 0.717) is 11.3 Å². The van der Waals surface area contributed by atoms with E-state index in [-0.39, 0.29) is 31.5 Å². The summed E-state index contributed by atoms with van der Waals surface area (Å²) in [5.74, 6) is -0.633. The van der Waals surface area contributed by atoms with Crippen LogP contribution < -0.4 is 4.72 Å². The van der Waals surface area contributed by atoms with Gasteiger partial charge in [-0.15, -0.1) is 0 Å². The lowest BCUT2D eigenvalue weighted by Gasteiger charge is -2.40. The molecule has 1 saturated heterocycles. The Morgan fingerprint density at radius 1 is 1.18 bits per heavy atom. The van der Waals surface area contributed by atoms with Gasteiger partial charge in [-0.25, -0.2) is 12.8 Å². The van der Waals surface area contributed by atoms with Crippen molar-refractivity contribution in [2.24, 2.45) is 0 Å². The van der Waals surface area contributed by atoms with Gasteiger partial charge in [0.2, 0.25) is 15.9 Å². The van der Waals surface area contributed by atoms with Gasteiger partial charge in [0, 0.05) is 12.2 Å². The highest BCUT2D eigenvalue weighted by Crippen LogP contribution is 2.31. The van der Waals surface area contributed by atoms with Crippen molar-refractivity contribution in [1.29, 1.82) is 0 Å². The monoisotopic (exact) mass is 408 g/mol. The van der Waals surface area contributed by atoms with Gasteiger partial charge in [0.05, 0.1) is 18.9 Å². The van der Waals surface area contributed by atoms with Gasteiger partial charge < -0.3 is 14.7 Å². The SMILES string of the molecule is CS(=O)(=O)Nc1ccc(C2OCC(=O)N(Cc3ccc(F)cc3)C2CO)cc1. The van der Waals surface area contributed by atoms with Crippen molar-refractivity contribution in [2.45, 2.75) is 18.7 Å². The van der Waals surface area contributed by atoms with Gasteiger partial charge in [0.1, 0.15) is 18.5 Å². The number of carbonyl (C=O) groups excluding carboxylic acids is 1. The highest BCUT2D eigenvalue weighted by molar-refractivity contribution is 7.92. The third-order valence-corrected chi connectivity index (χ3v) is 5.06. The number of halogens is 1. The van der Waals surface area contributed by atoms with Crippen LogP contribution in [0.15, 0.2) is 48.5 Å². The van der Waals surface area contributed by atoms with E-state index in [1.54, 1.807) is 36.4 Å². The lowest BCUT2D eigenvalue weighted by Crippen LogP contribution is -2.52. The molecule has 28 heavy (non-hydrogen) atoms. The number of nitrogens with one attached hydrogen (secondary N) is 1. The first-order valence-corrected chi connectivity index (χ1v) is 10.5. The number of rotatable bonds is 6. The molecule has 2 atom stereocenters. The maximum Gasteiger partial charge on any atom is 0.249 e. The summed E-state index contributed by atoms with van der Waals surface area (Å²) in [6.07, 6.45) is 0.488. The van der Waals surface area contributed by atoms with Crippen LogP contribution in [0.25, 0.3) is 0 Å². The van der Waals surface area contributed by atoms with E-state index in [9.17, 15) is 22.7 Å². The quantitative estimate of drug-likeness (QED) is 0.758. The van der Waals surface area contributed by atoms with Crippen LogP contribution in [0.4, 0.5) is 10.1 Å². The van der Waals surface area contributed by atoms with Crippen LogP contribution in [0.1, 0.15) is 17.2 Å². The Labute approximate surface area is 162 Å². The number of anilines is 1. The molecule has 1 aliphatic rings. The summed E-state index contributed by atoms with van der Waals surface area (Å²) in [4.78, 5) is 13.9. The van der Waals surface area contributed by atoms with Crippen LogP contribution in [0, 0.1) is 5.82 Å². The molecular weight excluding hydrogens is 387 g/mol. The molecule has 3 rings (SSSR count). The molecule has 0 aromatic heterocycles. The third-order valence-electron chi connectivity index (χ3n) is 4.45. The summed E-state index contributed by atoms with van der Waals surface area (Å²) >= 11 is 0. The Kier molecular flexibility index (Phi) is 5.97. The lowest BCUT2D eigenvalue weighted by molar-refractivity contribution is -0.162. The Morgan fingerprint density at radius 2 is 1.82 bits per heavy atom. The van der Waals surface area contributed by atoms with E-state index in [2.05, 4.69) is 4.72 Å². The van der Waals surface area contributed by atoms with Crippen molar-refractivity contribution < 1.29 is 27.4 Å². The molecule has 1 amide bonds. The molecule has 1 heterocycles. The molecule has 1 aliphatic heterocycles. The molecule has 2 aromatic carbocycles. The predicted molar refractivity (Wildman–Crippen MR) is 101 cm³/mol. The van der Waals surface area contributed by atoms with Gasteiger partial charge in [-0.2, -0.15) is 0 Å². The van der Waals surface area contributed by atoms with Crippen LogP contribution in [0.3, 0.4) is 0 Å². The standard InChI is InChI=1S/C19H21FN2O5S/c1-28(25,26)21-16-8-4-14(5-9-16)19-17(11-23)22(18(24)12-27-19)10-13-2-6-15(20)7-3-13/h2-9,17,19,21,23H,10-12H2,1H3. The Hall–Kier alpha value is -2.49. The van der Waals surface area contributed by atoms with Crippen LogP contribution in [0.5, 0.6) is 0 Å². The maximum absolute atomic E-state index is 13.1. The third kappa shape index (κ3) is 4.86. The summed E-state index contributed by atoms with van der Waals surface area (Å²) in [6.45, 7) is -0.245. The van der Waals surface area contributed by atoms with Crippen molar-refractivity contribution in [3.8, 4) is 0 Å². The molecule has 0 saturated carbocycles. The molecule has 2 unspecified atom stereocenters. The molecular formula is C19H21FN2O5S. The highest BCUT2D eigenvalue weighted by atomic mass is 32.2. The maximum atomic E-state index is 13.1. The average molecular weight is 408 g/mol. The van der Waals surface area contributed by atoms with E-state index in [4.69, 9.17) is 4.74 Å². The zero-order chi connectivity index (χ0) is 20.3. The van der Waals surface area contributed by atoms with Gasteiger partial charge in [-0.1, -0.05) is 24.3 Å². The van der Waals surface area contributed by atoms with Gasteiger partial charge in [-0.05, 0) is 35.4 Å². The summed E-state index contributed by atoms with van der Waals surface area (Å²) in [6, 6.07) is 11.8. The number of nitrogens with zero attached hydrogens (tertiary/aromatic N) is 1. The van der Waals surface area contributed by atoms with Gasteiger partial charge in [0.25, 0.3) is 0 Å². The number of morpholine rings is 1. The smallest absolute Gasteiger partial charge is 0.249 e. The fraction of sp³-hybridized carbons (Fsp3) is 0.316. The summed E-state index contributed by atoms with van der Waals surface area (Å²) in [7, 11) is -3.38. The molecule has 2 N–H and O–H groups in total. The van der Waals surface area contributed by atoms with Crippen LogP contribution in [-0.2, 0) is 26.1 Å². The molecule has 0 aliphatic carbocycles. The molecule has 2 aromatic rings. The number of hydrogen-bond acceptors (Lipinski definition) is 5. The molecule has 0 radical (unpaired) electrons. The molecule has 150 valence electrons. The van der Waals surface area contributed by atoms with Crippen LogP contribution in [-0.4, -0.2) is 49.8 Å². The second kappa shape index (κ2) is 8.26. The van der Waals surface area contributed by atoms with E-state index in [0.717, 1.165) is 11.8 Å². The number of aliphatic hydroxyl groups excluding tert-OH is 1. The number of aliphatic hydroxyl groups is 1. The van der Waals surface area contributed by atoms with Gasteiger partial charge in [-0.3, -0.25) is 9.52 Å². The molecule has 0 spiro atoms. The van der Waals surface area contributed by atoms with Crippen LogP contribution in [0.2, 0.25) is 0 Å². The van der Waals surface area contributed by atoms with Gasteiger partial charge >= 0.3 is 0 Å². The lowest BCUT2D eigenvalue weighted by atomic mass is 9.98. The molecule has 0 bridgehead atoms. The molecule has 1 fully saturated rings. The number of amides is 1. The highest BCUT2D eigenvalue weighted by Gasteiger charge is 2.37. The Morgan fingerprint density at radius 3 is 2.39 bits per heavy atom. The summed E-state index contributed by atoms with van der Waals surface area (Å²) in [5, 5.41) is 9.91. The van der Waals surface area contributed by atoms with Crippen LogP contribution >= 0.6 is 0 Å². The van der Waals surface area contributed by atoms with Crippen molar-refractivity contribution in [1.82, 2.24) is 4.90 Å². The Balaban J connectivity index is 1.81. The van der Waals surface area contributed by atoms with E-state index in [1.165, 1.54) is 17.0 Å². The minimum atomic E-state index is -3.38. The first-order chi connectivity index (χ1) is 13.3. The van der Waals surface area contributed by atoms with E-state index >= 15 is 0 Å². The number of sulfonamides is 1. The second-order valence-corrected chi connectivity index (χ2v) is 8.37. The van der Waals surface area contributed by atoms with E-state index in [1.807, 2.05) is 0 Å². The first-order valence-electron chi connectivity index (χ1n) is 8.61. The minimum absolute atomic E-state index is 0.147. The summed E-state index contributed by atoms with van der Waals surface area (Å²) in [5.41, 5.74) is 1.85. The number of hydrogen-bond donors (Lipinski definition) is 2. The number of ether oxygens (including phenoxy) is 1. The minimum Gasteiger partial charge on any atom is -0.394 e. The van der Waals surface area contributed by atoms with Crippen molar-refractivity contribution in [3.63, 3.8) is 0 Å². The predicted octanol–water partition coefficient (Wildman–Crippen LogP) is 1.66. The fourth-order valence-electron chi connectivity index (χ4n) is 3.16. The summed E-state index contributed by atoms with van der Waals surface area (Å²) < 4.78 is 43.8. The molecule has 9 heteroatoms. The number of carbonyl (C=O) groups is 1. The average Bonchev–Trinajstić information content (AvgIpc) is 2.64. The van der Waals surface area contributed by atoms with Crippen molar-refractivity contribution in [3.05, 3.63) is 65.5 Å². The zero-order valence-corrected chi connectivity index (χ0v) is 16.0. The van der Waals surface area contributed by atoms with E-state index < -0.39 is 22.2 Å². The zero-order valence-electron chi connectivity index (χ0n) is 15.2. The number of benzene rings is 2. The second-order valence-electron chi connectivity index (χ2n) is 6.63. The molecule has 7 nitrogen and oxygen atoms in total. The fourth-order valence-corrected chi connectivity index (χ4v) is 3.73. The first kappa shape index (κ1) is 20.2. The van der Waals surface area contributed by atoms with Crippen molar-refractivity contribution >= 4 is 21.6 Å². The van der Waals surface area contributed by atoms with Gasteiger partial charge in [0.15, 0.2) is 0 Å². The largest absolute Gasteiger partial charge is 0.394 e. The Bertz CT molecular complexity index is 932. The normalized spacial score (nSPS) is 20.2. The van der Waals surface area contributed by atoms with Crippen molar-refractivity contribution in [2.75, 3.05) is 24.2 Å².